The van der Waals surface area contributed by atoms with Gasteiger partial charge in [-0.3, -0.25) is 0 Å². The highest BCUT2D eigenvalue weighted by Gasteiger charge is 2.42. The first-order valence-corrected chi connectivity index (χ1v) is 10.4. The molecule has 118 valence electrons. The Morgan fingerprint density at radius 3 is 2.43 bits per heavy atom. The van der Waals surface area contributed by atoms with Crippen LogP contribution in [0.3, 0.4) is 0 Å². The van der Waals surface area contributed by atoms with Gasteiger partial charge in [0.15, 0.2) is 25.0 Å². The Balaban J connectivity index is 2.01. The van der Waals surface area contributed by atoms with Gasteiger partial charge in [0.2, 0.25) is 0 Å². The molecule has 2 heterocycles. The topological polar surface area (TPSA) is 47.5 Å². The second kappa shape index (κ2) is 5.74. The summed E-state index contributed by atoms with van der Waals surface area (Å²) in [6.45, 7) is 12.9. The molecule has 1 saturated heterocycles. The maximum atomic E-state index is 6.37. The van der Waals surface area contributed by atoms with Gasteiger partial charge in [-0.05, 0) is 18.1 Å². The minimum Gasteiger partial charge on any atom is -0.490 e. The van der Waals surface area contributed by atoms with Crippen molar-refractivity contribution >= 4 is 25.7 Å². The second-order valence-corrected chi connectivity index (χ2v) is 12.0. The van der Waals surface area contributed by atoms with Crippen LogP contribution in [0.2, 0.25) is 23.3 Å². The highest BCUT2D eigenvalue weighted by Crippen LogP contribution is 2.40. The molecule has 2 rings (SSSR count). The van der Waals surface area contributed by atoms with E-state index in [2.05, 4.69) is 48.7 Å². The molecule has 0 atom stereocenters. The van der Waals surface area contributed by atoms with Crippen LogP contribution in [-0.4, -0.2) is 44.6 Å². The number of hydrogen-bond acceptors (Lipinski definition) is 5. The summed E-state index contributed by atoms with van der Waals surface area (Å²) in [5.74, 6) is 1.28. The largest absolute Gasteiger partial charge is 0.490 e. The molecule has 0 amide bonds. The van der Waals surface area contributed by atoms with Crippen LogP contribution in [0.1, 0.15) is 20.8 Å². The summed E-state index contributed by atoms with van der Waals surface area (Å²) in [4.78, 5) is 10.3. The molecule has 21 heavy (non-hydrogen) atoms. The molecule has 0 radical (unpaired) electrons. The fraction of sp³-hybridized carbons (Fsp3) is 0.714. The lowest BCUT2D eigenvalue weighted by Gasteiger charge is -2.46. The molecular formula is C14H24ClN3O2Si. The third kappa shape index (κ3) is 3.33. The van der Waals surface area contributed by atoms with Gasteiger partial charge in [0, 0.05) is 13.1 Å². The molecule has 1 aliphatic rings. The molecule has 0 saturated carbocycles. The Bertz CT molecular complexity index is 513. The molecular weight excluding hydrogens is 306 g/mol. The number of aromatic nitrogens is 2. The van der Waals surface area contributed by atoms with E-state index in [1.807, 2.05) is 0 Å². The number of ether oxygens (including phenoxy) is 1. The van der Waals surface area contributed by atoms with Crippen molar-refractivity contribution in [2.75, 3.05) is 25.1 Å². The molecule has 0 N–H and O–H groups in total. The van der Waals surface area contributed by atoms with Crippen LogP contribution in [0.15, 0.2) is 6.33 Å². The van der Waals surface area contributed by atoms with Crippen LogP contribution in [0, 0.1) is 0 Å². The smallest absolute Gasteiger partial charge is 0.199 e. The van der Waals surface area contributed by atoms with Crippen molar-refractivity contribution in [3.05, 3.63) is 11.5 Å². The van der Waals surface area contributed by atoms with E-state index in [9.17, 15) is 0 Å². The Morgan fingerprint density at radius 2 is 1.90 bits per heavy atom. The number of methoxy groups -OCH3 is 1. The third-order valence-corrected chi connectivity index (χ3v) is 9.16. The van der Waals surface area contributed by atoms with Crippen molar-refractivity contribution < 1.29 is 9.16 Å². The van der Waals surface area contributed by atoms with Gasteiger partial charge in [-0.1, -0.05) is 32.4 Å². The van der Waals surface area contributed by atoms with Gasteiger partial charge in [-0.25, -0.2) is 9.97 Å². The summed E-state index contributed by atoms with van der Waals surface area (Å²) in [5.41, 5.74) is 0. The number of hydrogen-bond donors (Lipinski definition) is 0. The van der Waals surface area contributed by atoms with Crippen LogP contribution < -0.4 is 9.64 Å². The normalized spacial score (nSPS) is 16.8. The first-order valence-electron chi connectivity index (χ1n) is 7.13. The maximum absolute atomic E-state index is 6.37. The van der Waals surface area contributed by atoms with Gasteiger partial charge in [0.1, 0.15) is 6.33 Å². The van der Waals surface area contributed by atoms with E-state index >= 15 is 0 Å². The van der Waals surface area contributed by atoms with Crippen LogP contribution in [0.25, 0.3) is 0 Å². The Hall–Kier alpha value is -0.853. The summed E-state index contributed by atoms with van der Waals surface area (Å²) in [7, 11) is -0.137. The van der Waals surface area contributed by atoms with E-state index in [1.54, 1.807) is 7.11 Å². The van der Waals surface area contributed by atoms with E-state index in [0.29, 0.717) is 10.9 Å². The summed E-state index contributed by atoms with van der Waals surface area (Å²) in [5, 5.41) is 0.569. The quantitative estimate of drug-likeness (QED) is 0.626. The molecule has 1 aliphatic heterocycles. The minimum absolute atomic E-state index is 0.226. The molecule has 1 fully saturated rings. The lowest BCUT2D eigenvalue weighted by atomic mass is 10.2. The van der Waals surface area contributed by atoms with Gasteiger partial charge in [-0.2, -0.15) is 0 Å². The standard InChI is InChI=1S/C14H24ClN3O2Si/c1-14(2,3)21(5,6)20-10-7-18(8-10)13-11(19-4)12(15)16-9-17-13/h9-10H,7-8H2,1-6H3. The van der Waals surface area contributed by atoms with Crippen LogP contribution in [-0.2, 0) is 4.43 Å². The van der Waals surface area contributed by atoms with Gasteiger partial charge in [0.25, 0.3) is 0 Å². The molecule has 1 aromatic heterocycles. The first kappa shape index (κ1) is 16.5. The van der Waals surface area contributed by atoms with Gasteiger partial charge in [0.05, 0.1) is 13.2 Å². The fourth-order valence-corrected chi connectivity index (χ4v) is 3.56. The predicted molar refractivity (Wildman–Crippen MR) is 87.9 cm³/mol. The highest BCUT2D eigenvalue weighted by atomic mass is 35.5. The fourth-order valence-electron chi connectivity index (χ4n) is 2.02. The second-order valence-electron chi connectivity index (χ2n) is 6.93. The lowest BCUT2D eigenvalue weighted by Crippen LogP contribution is -2.58. The average molecular weight is 330 g/mol. The summed E-state index contributed by atoms with van der Waals surface area (Å²) in [6.07, 6.45) is 1.71. The molecule has 0 unspecified atom stereocenters. The molecule has 7 heteroatoms. The van der Waals surface area contributed by atoms with E-state index in [-0.39, 0.29) is 11.1 Å². The molecule has 5 nitrogen and oxygen atoms in total. The predicted octanol–water partition coefficient (Wildman–Crippen LogP) is 3.35. The highest BCUT2D eigenvalue weighted by molar-refractivity contribution is 6.74. The zero-order chi connectivity index (χ0) is 15.8. The van der Waals surface area contributed by atoms with Crippen molar-refractivity contribution in [1.82, 2.24) is 9.97 Å². The van der Waals surface area contributed by atoms with Gasteiger partial charge < -0.3 is 14.1 Å². The zero-order valence-corrected chi connectivity index (χ0v) is 15.4. The number of halogens is 1. The number of rotatable bonds is 4. The minimum atomic E-state index is -1.72. The van der Waals surface area contributed by atoms with Crippen molar-refractivity contribution in [2.45, 2.75) is 45.0 Å². The van der Waals surface area contributed by atoms with E-state index in [1.165, 1.54) is 6.33 Å². The van der Waals surface area contributed by atoms with Gasteiger partial charge >= 0.3 is 0 Å². The number of nitrogens with zero attached hydrogens (tertiary/aromatic N) is 3. The average Bonchev–Trinajstić information content (AvgIpc) is 2.31. The SMILES string of the molecule is COc1c(Cl)ncnc1N1CC(O[Si](C)(C)C(C)(C)C)C1. The van der Waals surface area contributed by atoms with E-state index in [4.69, 9.17) is 20.8 Å². The Morgan fingerprint density at radius 1 is 1.29 bits per heavy atom. The first-order chi connectivity index (χ1) is 9.65. The van der Waals surface area contributed by atoms with Crippen LogP contribution in [0.4, 0.5) is 5.82 Å². The molecule has 0 aromatic carbocycles. The molecule has 1 aromatic rings. The summed E-state index contributed by atoms with van der Waals surface area (Å²) in [6, 6.07) is 0. The molecule has 0 aliphatic carbocycles. The van der Waals surface area contributed by atoms with Crippen molar-refractivity contribution in [1.29, 1.82) is 0 Å². The number of anilines is 1. The van der Waals surface area contributed by atoms with Crippen LogP contribution in [0.5, 0.6) is 5.75 Å². The molecule has 0 bridgehead atoms. The Labute approximate surface area is 132 Å². The van der Waals surface area contributed by atoms with Crippen molar-refractivity contribution in [3.63, 3.8) is 0 Å². The molecule has 0 spiro atoms. The van der Waals surface area contributed by atoms with Gasteiger partial charge in [-0.15, -0.1) is 0 Å². The van der Waals surface area contributed by atoms with Crippen molar-refractivity contribution in [3.8, 4) is 5.75 Å². The monoisotopic (exact) mass is 329 g/mol. The van der Waals surface area contributed by atoms with Crippen LogP contribution >= 0.6 is 11.6 Å². The summed E-state index contributed by atoms with van der Waals surface area (Å²) < 4.78 is 11.7. The summed E-state index contributed by atoms with van der Waals surface area (Å²) >= 11 is 6.03. The van der Waals surface area contributed by atoms with E-state index < -0.39 is 8.32 Å². The third-order valence-electron chi connectivity index (χ3n) is 4.36. The van der Waals surface area contributed by atoms with Crippen molar-refractivity contribution in [2.24, 2.45) is 0 Å². The van der Waals surface area contributed by atoms with E-state index in [0.717, 1.165) is 18.9 Å². The lowest BCUT2D eigenvalue weighted by molar-refractivity contribution is 0.148. The Kier molecular flexibility index (Phi) is 4.51. The zero-order valence-electron chi connectivity index (χ0n) is 13.6. The maximum Gasteiger partial charge on any atom is 0.199 e.